The third kappa shape index (κ3) is 3.06. The van der Waals surface area contributed by atoms with Crippen LogP contribution in [0.5, 0.6) is 0 Å². The first kappa shape index (κ1) is 13.2. The van der Waals surface area contributed by atoms with Crippen LogP contribution in [-0.4, -0.2) is 23.7 Å². The van der Waals surface area contributed by atoms with Gasteiger partial charge in [0.1, 0.15) is 5.82 Å². The maximum atomic E-state index is 13.8. The molecular weight excluding hydrogens is 221 g/mol. The van der Waals surface area contributed by atoms with Gasteiger partial charge in [-0.2, -0.15) is 0 Å². The molecule has 92 valence electrons. The molecule has 1 aromatic carbocycles. The Kier molecular flexibility index (Phi) is 4.26. The highest BCUT2D eigenvalue weighted by Crippen LogP contribution is 2.22. The van der Waals surface area contributed by atoms with Crippen molar-refractivity contribution in [3.63, 3.8) is 0 Å². The first-order chi connectivity index (χ1) is 7.97. The van der Waals surface area contributed by atoms with Crippen LogP contribution in [0.15, 0.2) is 30.9 Å². The maximum absolute atomic E-state index is 13.8. The lowest BCUT2D eigenvalue weighted by Gasteiger charge is -2.28. The fourth-order valence-electron chi connectivity index (χ4n) is 1.60. The molecule has 0 aliphatic carbocycles. The Morgan fingerprint density at radius 2 is 2.24 bits per heavy atom. The van der Waals surface area contributed by atoms with E-state index in [1.165, 1.54) is 12.1 Å². The topological polar surface area (TPSA) is 40.5 Å². The van der Waals surface area contributed by atoms with Crippen molar-refractivity contribution in [2.24, 2.45) is 0 Å². The van der Waals surface area contributed by atoms with Gasteiger partial charge < -0.3 is 10.0 Å². The third-order valence-corrected chi connectivity index (χ3v) is 2.45. The molecule has 1 aromatic rings. The second-order valence-electron chi connectivity index (χ2n) is 4.01. The lowest BCUT2D eigenvalue weighted by atomic mass is 10.1. The summed E-state index contributed by atoms with van der Waals surface area (Å²) in [7, 11) is 0. The summed E-state index contributed by atoms with van der Waals surface area (Å²) in [5, 5.41) is 8.75. The molecule has 0 unspecified atom stereocenters. The Morgan fingerprint density at radius 1 is 1.59 bits per heavy atom. The zero-order valence-corrected chi connectivity index (χ0v) is 9.98. The maximum Gasteiger partial charge on any atom is 0.335 e. The molecule has 0 aliphatic rings. The van der Waals surface area contributed by atoms with Crippen LogP contribution in [0.4, 0.5) is 10.1 Å². The summed E-state index contributed by atoms with van der Waals surface area (Å²) < 4.78 is 13.8. The SMILES string of the molecule is C=CCN(c1ccc(C(=O)O)cc1F)C(C)C. The van der Waals surface area contributed by atoms with Gasteiger partial charge in [-0.3, -0.25) is 0 Å². The second-order valence-corrected chi connectivity index (χ2v) is 4.01. The number of nitrogens with zero attached hydrogens (tertiary/aromatic N) is 1. The summed E-state index contributed by atoms with van der Waals surface area (Å²) in [4.78, 5) is 12.5. The van der Waals surface area contributed by atoms with Crippen LogP contribution in [0.3, 0.4) is 0 Å². The molecule has 3 nitrogen and oxygen atoms in total. The predicted molar refractivity (Wildman–Crippen MR) is 66.0 cm³/mol. The van der Waals surface area contributed by atoms with E-state index < -0.39 is 11.8 Å². The Labute approximate surface area is 100 Å². The van der Waals surface area contributed by atoms with E-state index in [1.807, 2.05) is 18.7 Å². The molecule has 17 heavy (non-hydrogen) atoms. The molecule has 4 heteroatoms. The van der Waals surface area contributed by atoms with Gasteiger partial charge in [-0.15, -0.1) is 6.58 Å². The monoisotopic (exact) mass is 237 g/mol. The lowest BCUT2D eigenvalue weighted by Crippen LogP contribution is -2.31. The second kappa shape index (κ2) is 5.48. The predicted octanol–water partition coefficient (Wildman–Crippen LogP) is 2.92. The number of hydrogen-bond donors (Lipinski definition) is 1. The Morgan fingerprint density at radius 3 is 2.65 bits per heavy atom. The summed E-state index contributed by atoms with van der Waals surface area (Å²) in [5.41, 5.74) is 0.346. The van der Waals surface area contributed by atoms with Crippen LogP contribution in [-0.2, 0) is 0 Å². The highest BCUT2D eigenvalue weighted by Gasteiger charge is 2.15. The van der Waals surface area contributed by atoms with E-state index in [0.29, 0.717) is 12.2 Å². The lowest BCUT2D eigenvalue weighted by molar-refractivity contribution is 0.0696. The normalized spacial score (nSPS) is 10.4. The van der Waals surface area contributed by atoms with Crippen LogP contribution >= 0.6 is 0 Å². The van der Waals surface area contributed by atoms with Gasteiger partial charge in [-0.05, 0) is 32.0 Å². The molecule has 0 radical (unpaired) electrons. The summed E-state index contributed by atoms with van der Waals surface area (Å²) in [5.74, 6) is -1.66. The smallest absolute Gasteiger partial charge is 0.335 e. The molecule has 0 bridgehead atoms. The van der Waals surface area contributed by atoms with E-state index in [4.69, 9.17) is 5.11 Å². The Balaban J connectivity index is 3.12. The average Bonchev–Trinajstić information content (AvgIpc) is 2.26. The molecular formula is C13H16FNO2. The highest BCUT2D eigenvalue weighted by molar-refractivity contribution is 5.88. The molecule has 0 fully saturated rings. The molecule has 0 saturated heterocycles. The van der Waals surface area contributed by atoms with Crippen molar-refractivity contribution >= 4 is 11.7 Å². The number of benzene rings is 1. The van der Waals surface area contributed by atoms with Gasteiger partial charge in [0, 0.05) is 12.6 Å². The number of carbonyl (C=O) groups is 1. The molecule has 0 amide bonds. The standard InChI is InChI=1S/C13H16FNO2/c1-4-7-15(9(2)3)12-6-5-10(13(16)17)8-11(12)14/h4-6,8-9H,1,7H2,2-3H3,(H,16,17). The van der Waals surface area contributed by atoms with Crippen LogP contribution < -0.4 is 4.90 Å². The molecule has 0 heterocycles. The van der Waals surface area contributed by atoms with Crippen molar-refractivity contribution in [1.82, 2.24) is 0 Å². The van der Waals surface area contributed by atoms with E-state index >= 15 is 0 Å². The molecule has 0 spiro atoms. The zero-order valence-electron chi connectivity index (χ0n) is 9.98. The van der Waals surface area contributed by atoms with Gasteiger partial charge >= 0.3 is 5.97 Å². The van der Waals surface area contributed by atoms with Gasteiger partial charge in [0.05, 0.1) is 11.3 Å². The van der Waals surface area contributed by atoms with Crippen LogP contribution in [0.2, 0.25) is 0 Å². The number of halogens is 1. The first-order valence-corrected chi connectivity index (χ1v) is 5.37. The number of carboxylic acids is 1. The number of hydrogen-bond acceptors (Lipinski definition) is 2. The minimum atomic E-state index is -1.13. The zero-order chi connectivity index (χ0) is 13.0. The molecule has 0 saturated carbocycles. The number of carboxylic acid groups (broad SMARTS) is 1. The molecule has 1 N–H and O–H groups in total. The molecule has 0 aromatic heterocycles. The van der Waals surface area contributed by atoms with Gasteiger partial charge in [0.15, 0.2) is 0 Å². The largest absolute Gasteiger partial charge is 0.478 e. The van der Waals surface area contributed by atoms with Crippen molar-refractivity contribution in [2.75, 3.05) is 11.4 Å². The van der Waals surface area contributed by atoms with Crippen LogP contribution in [0.1, 0.15) is 24.2 Å². The van der Waals surface area contributed by atoms with E-state index in [-0.39, 0.29) is 11.6 Å². The average molecular weight is 237 g/mol. The summed E-state index contributed by atoms with van der Waals surface area (Å²) in [6, 6.07) is 4.04. The molecule has 1 rings (SSSR count). The quantitative estimate of drug-likeness (QED) is 0.800. The van der Waals surface area contributed by atoms with Gasteiger partial charge in [-0.1, -0.05) is 6.08 Å². The molecule has 0 aliphatic heterocycles. The first-order valence-electron chi connectivity index (χ1n) is 5.37. The van der Waals surface area contributed by atoms with Crippen molar-refractivity contribution < 1.29 is 14.3 Å². The minimum absolute atomic E-state index is 0.0476. The van der Waals surface area contributed by atoms with Crippen molar-refractivity contribution in [3.8, 4) is 0 Å². The summed E-state index contributed by atoms with van der Waals surface area (Å²) in [6.45, 7) is 8.02. The Hall–Kier alpha value is -1.84. The van der Waals surface area contributed by atoms with Gasteiger partial charge in [-0.25, -0.2) is 9.18 Å². The van der Waals surface area contributed by atoms with Crippen molar-refractivity contribution in [1.29, 1.82) is 0 Å². The van der Waals surface area contributed by atoms with Crippen molar-refractivity contribution in [2.45, 2.75) is 19.9 Å². The highest BCUT2D eigenvalue weighted by atomic mass is 19.1. The van der Waals surface area contributed by atoms with Crippen LogP contribution in [0.25, 0.3) is 0 Å². The van der Waals surface area contributed by atoms with E-state index in [1.54, 1.807) is 6.08 Å². The van der Waals surface area contributed by atoms with E-state index in [9.17, 15) is 9.18 Å². The van der Waals surface area contributed by atoms with E-state index in [0.717, 1.165) is 6.07 Å². The molecule has 0 atom stereocenters. The number of rotatable bonds is 5. The van der Waals surface area contributed by atoms with Gasteiger partial charge in [0.2, 0.25) is 0 Å². The number of aromatic carboxylic acids is 1. The fraction of sp³-hybridized carbons (Fsp3) is 0.308. The summed E-state index contributed by atoms with van der Waals surface area (Å²) >= 11 is 0. The minimum Gasteiger partial charge on any atom is -0.478 e. The number of anilines is 1. The van der Waals surface area contributed by atoms with Gasteiger partial charge in [0.25, 0.3) is 0 Å². The third-order valence-electron chi connectivity index (χ3n) is 2.45. The van der Waals surface area contributed by atoms with Crippen molar-refractivity contribution in [3.05, 3.63) is 42.2 Å². The van der Waals surface area contributed by atoms with Crippen LogP contribution in [0, 0.1) is 5.82 Å². The van der Waals surface area contributed by atoms with E-state index in [2.05, 4.69) is 6.58 Å². The fourth-order valence-corrected chi connectivity index (χ4v) is 1.60. The Bertz CT molecular complexity index is 429. The summed E-state index contributed by atoms with van der Waals surface area (Å²) in [6.07, 6.45) is 1.69.